The number of carbonyl (C=O) groups excluding carboxylic acids is 1. The van der Waals surface area contributed by atoms with Crippen LogP contribution in [-0.4, -0.2) is 53.5 Å². The molecule has 8 nitrogen and oxygen atoms in total. The summed E-state index contributed by atoms with van der Waals surface area (Å²) in [4.78, 5) is 13.0. The molecule has 2 aromatic rings. The number of hydrogen-bond donors (Lipinski definition) is 1. The SMILES string of the molecule is COc1ccc(S(=O)(=O)N2CCCC2)cc1CCC(=O)NC(C)c1ccc(S(C)(=O)=O)cc1. The minimum atomic E-state index is -3.56. The molecule has 1 aliphatic rings. The highest BCUT2D eigenvalue weighted by atomic mass is 32.2. The van der Waals surface area contributed by atoms with Crippen molar-refractivity contribution in [1.29, 1.82) is 0 Å². The van der Waals surface area contributed by atoms with Gasteiger partial charge in [0.05, 0.1) is 22.9 Å². The van der Waals surface area contributed by atoms with Crippen LogP contribution in [0.2, 0.25) is 0 Å². The minimum absolute atomic E-state index is 0.148. The lowest BCUT2D eigenvalue weighted by molar-refractivity contribution is -0.121. The van der Waals surface area contributed by atoms with Crippen molar-refractivity contribution in [2.75, 3.05) is 26.5 Å². The highest BCUT2D eigenvalue weighted by Gasteiger charge is 2.28. The molecule has 0 bridgehead atoms. The first kappa shape index (κ1) is 25.2. The van der Waals surface area contributed by atoms with Crippen molar-refractivity contribution < 1.29 is 26.4 Å². The van der Waals surface area contributed by atoms with Crippen molar-refractivity contribution in [3.8, 4) is 5.75 Å². The summed E-state index contributed by atoms with van der Waals surface area (Å²) in [7, 11) is -5.33. The lowest BCUT2D eigenvalue weighted by Crippen LogP contribution is -2.28. The van der Waals surface area contributed by atoms with Crippen molar-refractivity contribution in [1.82, 2.24) is 9.62 Å². The highest BCUT2D eigenvalue weighted by molar-refractivity contribution is 7.90. The molecular weight excluding hydrogens is 464 g/mol. The molecule has 180 valence electrons. The Kier molecular flexibility index (Phi) is 7.81. The van der Waals surface area contributed by atoms with E-state index in [0.717, 1.165) is 24.7 Å². The van der Waals surface area contributed by atoms with E-state index in [1.807, 2.05) is 6.92 Å². The van der Waals surface area contributed by atoms with Gasteiger partial charge in [-0.1, -0.05) is 12.1 Å². The first-order valence-electron chi connectivity index (χ1n) is 10.8. The fourth-order valence-electron chi connectivity index (χ4n) is 3.84. The molecule has 0 aromatic heterocycles. The summed E-state index contributed by atoms with van der Waals surface area (Å²) < 4.78 is 55.8. The van der Waals surface area contributed by atoms with Crippen LogP contribution in [0, 0.1) is 0 Å². The van der Waals surface area contributed by atoms with Crippen LogP contribution in [0.25, 0.3) is 0 Å². The Morgan fingerprint density at radius 3 is 2.21 bits per heavy atom. The third kappa shape index (κ3) is 6.13. The largest absolute Gasteiger partial charge is 0.496 e. The molecule has 10 heteroatoms. The molecule has 1 heterocycles. The van der Waals surface area contributed by atoms with E-state index in [2.05, 4.69) is 5.32 Å². The quantitative estimate of drug-likeness (QED) is 0.574. The fraction of sp³-hybridized carbons (Fsp3) is 0.435. The smallest absolute Gasteiger partial charge is 0.243 e. The van der Waals surface area contributed by atoms with Crippen LogP contribution in [0.1, 0.15) is 43.4 Å². The van der Waals surface area contributed by atoms with Gasteiger partial charge in [0.2, 0.25) is 15.9 Å². The first-order chi connectivity index (χ1) is 15.5. The van der Waals surface area contributed by atoms with Crippen LogP contribution < -0.4 is 10.1 Å². The van der Waals surface area contributed by atoms with Crippen LogP contribution in [0.4, 0.5) is 0 Å². The molecule has 1 unspecified atom stereocenters. The molecule has 1 aliphatic heterocycles. The molecule has 0 spiro atoms. The zero-order valence-corrected chi connectivity index (χ0v) is 20.7. The Hall–Kier alpha value is -2.43. The molecule has 0 saturated carbocycles. The van der Waals surface area contributed by atoms with E-state index in [0.29, 0.717) is 30.8 Å². The molecule has 1 fully saturated rings. The summed E-state index contributed by atoms with van der Waals surface area (Å²) in [6, 6.07) is 10.8. The Morgan fingerprint density at radius 1 is 1.03 bits per heavy atom. The molecule has 33 heavy (non-hydrogen) atoms. The first-order valence-corrected chi connectivity index (χ1v) is 14.1. The highest BCUT2D eigenvalue weighted by Crippen LogP contribution is 2.27. The molecule has 1 atom stereocenters. The van der Waals surface area contributed by atoms with Crippen LogP contribution >= 0.6 is 0 Å². The van der Waals surface area contributed by atoms with Crippen LogP contribution in [0.3, 0.4) is 0 Å². The zero-order chi connectivity index (χ0) is 24.2. The maximum Gasteiger partial charge on any atom is 0.243 e. The van der Waals surface area contributed by atoms with Gasteiger partial charge in [-0.15, -0.1) is 0 Å². The summed E-state index contributed by atoms with van der Waals surface area (Å²) >= 11 is 0. The molecule has 3 rings (SSSR count). The van der Waals surface area contributed by atoms with Gasteiger partial charge in [-0.05, 0) is 67.6 Å². The Balaban J connectivity index is 1.66. The fourth-order valence-corrected chi connectivity index (χ4v) is 6.04. The van der Waals surface area contributed by atoms with E-state index in [4.69, 9.17) is 4.74 Å². The maximum absolute atomic E-state index is 12.9. The number of nitrogens with one attached hydrogen (secondary N) is 1. The van der Waals surface area contributed by atoms with Gasteiger partial charge in [-0.25, -0.2) is 16.8 Å². The number of sulfonamides is 1. The molecule has 0 radical (unpaired) electrons. The average molecular weight is 495 g/mol. The van der Waals surface area contributed by atoms with E-state index in [1.54, 1.807) is 24.3 Å². The van der Waals surface area contributed by atoms with Gasteiger partial charge < -0.3 is 10.1 Å². The van der Waals surface area contributed by atoms with Gasteiger partial charge in [-0.3, -0.25) is 4.79 Å². The number of sulfone groups is 1. The topological polar surface area (TPSA) is 110 Å². The predicted molar refractivity (Wildman–Crippen MR) is 125 cm³/mol. The number of aryl methyl sites for hydroxylation is 1. The van der Waals surface area contributed by atoms with Gasteiger partial charge in [-0.2, -0.15) is 4.31 Å². The van der Waals surface area contributed by atoms with E-state index in [-0.39, 0.29) is 28.2 Å². The van der Waals surface area contributed by atoms with Crippen LogP contribution in [0.15, 0.2) is 52.3 Å². The molecule has 1 amide bonds. The van der Waals surface area contributed by atoms with E-state index in [1.165, 1.54) is 29.6 Å². The normalized spacial score (nSPS) is 15.8. The maximum atomic E-state index is 12.9. The second kappa shape index (κ2) is 10.2. The lowest BCUT2D eigenvalue weighted by atomic mass is 10.1. The Bertz CT molecular complexity index is 1200. The van der Waals surface area contributed by atoms with Crippen LogP contribution in [0.5, 0.6) is 5.75 Å². The monoisotopic (exact) mass is 494 g/mol. The standard InChI is InChI=1S/C23H30N2O6S2/c1-17(18-6-9-20(10-7-18)32(3,27)28)24-23(26)13-8-19-16-21(11-12-22(19)31-2)33(29,30)25-14-4-5-15-25/h6-7,9-12,16-17H,4-5,8,13-15H2,1-3H3,(H,24,26). The van der Waals surface area contributed by atoms with Gasteiger partial charge in [0.25, 0.3) is 0 Å². The summed E-state index contributed by atoms with van der Waals surface area (Å²) in [5.74, 6) is 0.331. The number of benzene rings is 2. The van der Waals surface area contributed by atoms with E-state index >= 15 is 0 Å². The second-order valence-corrected chi connectivity index (χ2v) is 12.2. The number of hydrogen-bond acceptors (Lipinski definition) is 6. The minimum Gasteiger partial charge on any atom is -0.496 e. The summed E-state index contributed by atoms with van der Waals surface area (Å²) in [6.45, 7) is 2.86. The summed E-state index contributed by atoms with van der Waals surface area (Å²) in [6.07, 6.45) is 3.33. The number of ether oxygens (including phenoxy) is 1. The third-order valence-corrected chi connectivity index (χ3v) is 8.78. The van der Waals surface area contributed by atoms with Gasteiger partial charge in [0, 0.05) is 25.8 Å². The summed E-state index contributed by atoms with van der Waals surface area (Å²) in [5, 5.41) is 2.90. The number of amides is 1. The van der Waals surface area contributed by atoms with Crippen molar-refractivity contribution in [3.05, 3.63) is 53.6 Å². The van der Waals surface area contributed by atoms with Gasteiger partial charge >= 0.3 is 0 Å². The third-order valence-electron chi connectivity index (χ3n) is 5.76. The van der Waals surface area contributed by atoms with Crippen molar-refractivity contribution in [2.24, 2.45) is 0 Å². The summed E-state index contributed by atoms with van der Waals surface area (Å²) in [5.41, 5.74) is 1.44. The van der Waals surface area contributed by atoms with Gasteiger partial charge in [0.1, 0.15) is 5.75 Å². The lowest BCUT2D eigenvalue weighted by Gasteiger charge is -2.18. The van der Waals surface area contributed by atoms with Crippen LogP contribution in [-0.2, 0) is 31.1 Å². The number of methoxy groups -OCH3 is 1. The second-order valence-electron chi connectivity index (χ2n) is 8.22. The predicted octanol–water partition coefficient (Wildman–Crippen LogP) is 2.69. The molecule has 1 saturated heterocycles. The van der Waals surface area contributed by atoms with Crippen molar-refractivity contribution >= 4 is 25.8 Å². The Labute approximate surface area is 195 Å². The molecular formula is C23H30N2O6S2. The zero-order valence-electron chi connectivity index (χ0n) is 19.1. The average Bonchev–Trinajstić information content (AvgIpc) is 3.33. The molecule has 2 aromatic carbocycles. The Morgan fingerprint density at radius 2 is 1.64 bits per heavy atom. The van der Waals surface area contributed by atoms with E-state index in [9.17, 15) is 21.6 Å². The van der Waals surface area contributed by atoms with Gasteiger partial charge in [0.15, 0.2) is 9.84 Å². The van der Waals surface area contributed by atoms with Crippen molar-refractivity contribution in [2.45, 2.75) is 48.4 Å². The molecule has 0 aliphatic carbocycles. The van der Waals surface area contributed by atoms with E-state index < -0.39 is 19.9 Å². The number of nitrogens with zero attached hydrogens (tertiary/aromatic N) is 1. The number of rotatable bonds is 9. The number of carbonyl (C=O) groups is 1. The molecule has 1 N–H and O–H groups in total. The van der Waals surface area contributed by atoms with Crippen molar-refractivity contribution in [3.63, 3.8) is 0 Å².